The number of likely N-dealkylation sites (N-methyl/N-ethyl adjacent to an activating group) is 1. The Labute approximate surface area is 216 Å². The van der Waals surface area contributed by atoms with Crippen molar-refractivity contribution in [2.75, 3.05) is 24.6 Å². The predicted octanol–water partition coefficient (Wildman–Crippen LogP) is 7.40. The Kier molecular flexibility index (Phi) is 10.1. The largest absolute Gasteiger partial charge is 0.397 e. The molecule has 3 rings (SSSR count). The van der Waals surface area contributed by atoms with Crippen LogP contribution in [0.25, 0.3) is 17.2 Å². The summed E-state index contributed by atoms with van der Waals surface area (Å²) in [6.45, 7) is 10.6. The first-order valence-electron chi connectivity index (χ1n) is 12.8. The topological polar surface area (TPSA) is 58.4 Å². The molecule has 0 saturated carbocycles. The van der Waals surface area contributed by atoms with Crippen LogP contribution in [0, 0.1) is 5.92 Å². The summed E-state index contributed by atoms with van der Waals surface area (Å²) >= 11 is 0. The van der Waals surface area contributed by atoms with E-state index in [1.807, 2.05) is 66.7 Å². The van der Waals surface area contributed by atoms with E-state index in [4.69, 9.17) is 5.73 Å². The van der Waals surface area contributed by atoms with Gasteiger partial charge in [-0.3, -0.25) is 9.69 Å². The molecule has 3 aromatic rings. The highest BCUT2D eigenvalue weighted by molar-refractivity contribution is 6.04. The standard InChI is InChI=1S/C32H39N3O/c1-5-25(6-2)20-24(3)22-35(4)23-27-14-12-26(13-15-27)16-19-32(36)34-31-21-29(17-18-30(31)33)28-10-8-7-9-11-28/h7-19,21,25H,3,5-6,20,22-23,33H2,1-2,4H3,(H,34,36)/b19-16+. The molecule has 0 spiro atoms. The minimum atomic E-state index is -0.216. The van der Waals surface area contributed by atoms with Crippen molar-refractivity contribution < 1.29 is 4.79 Å². The Morgan fingerprint density at radius 3 is 2.36 bits per heavy atom. The second-order valence-corrected chi connectivity index (χ2v) is 9.54. The Hall–Kier alpha value is -3.63. The number of nitrogen functional groups attached to an aromatic ring is 1. The van der Waals surface area contributed by atoms with E-state index in [0.29, 0.717) is 11.4 Å². The van der Waals surface area contributed by atoms with Crippen LogP contribution in [0.3, 0.4) is 0 Å². The van der Waals surface area contributed by atoms with Gasteiger partial charge in [0.2, 0.25) is 5.91 Å². The summed E-state index contributed by atoms with van der Waals surface area (Å²) in [5.74, 6) is 0.519. The van der Waals surface area contributed by atoms with Crippen LogP contribution in [0.4, 0.5) is 11.4 Å². The number of carbonyl (C=O) groups excluding carboxylic acids is 1. The van der Waals surface area contributed by atoms with Crippen LogP contribution in [0.2, 0.25) is 0 Å². The Balaban J connectivity index is 1.54. The summed E-state index contributed by atoms with van der Waals surface area (Å²) in [4.78, 5) is 14.9. The average molecular weight is 482 g/mol. The van der Waals surface area contributed by atoms with Crippen LogP contribution in [-0.2, 0) is 11.3 Å². The smallest absolute Gasteiger partial charge is 0.248 e. The molecule has 0 radical (unpaired) electrons. The van der Waals surface area contributed by atoms with Gasteiger partial charge < -0.3 is 11.1 Å². The van der Waals surface area contributed by atoms with E-state index in [1.165, 1.54) is 30.1 Å². The number of nitrogens with zero attached hydrogens (tertiary/aromatic N) is 1. The normalized spacial score (nSPS) is 11.4. The lowest BCUT2D eigenvalue weighted by atomic mass is 9.95. The molecule has 4 nitrogen and oxygen atoms in total. The molecule has 1 amide bonds. The van der Waals surface area contributed by atoms with Gasteiger partial charge in [-0.25, -0.2) is 0 Å². The average Bonchev–Trinajstić information content (AvgIpc) is 2.88. The van der Waals surface area contributed by atoms with E-state index in [2.05, 4.69) is 49.8 Å². The van der Waals surface area contributed by atoms with E-state index in [-0.39, 0.29) is 5.91 Å². The minimum Gasteiger partial charge on any atom is -0.397 e. The van der Waals surface area contributed by atoms with Crippen molar-refractivity contribution in [2.24, 2.45) is 5.92 Å². The molecule has 0 saturated heterocycles. The van der Waals surface area contributed by atoms with Gasteiger partial charge >= 0.3 is 0 Å². The Morgan fingerprint density at radius 1 is 1.00 bits per heavy atom. The second-order valence-electron chi connectivity index (χ2n) is 9.54. The first-order chi connectivity index (χ1) is 17.4. The zero-order valence-corrected chi connectivity index (χ0v) is 21.8. The minimum absolute atomic E-state index is 0.216. The SMILES string of the molecule is C=C(CC(CC)CC)CN(C)Cc1ccc(/C=C/C(=O)Nc2cc(-c3ccccc3)ccc2N)cc1. The zero-order chi connectivity index (χ0) is 25.9. The molecule has 36 heavy (non-hydrogen) atoms. The summed E-state index contributed by atoms with van der Waals surface area (Å²) in [5, 5.41) is 2.90. The number of hydrogen-bond acceptors (Lipinski definition) is 3. The van der Waals surface area contributed by atoms with Crippen molar-refractivity contribution in [1.82, 2.24) is 4.90 Å². The monoisotopic (exact) mass is 481 g/mol. The van der Waals surface area contributed by atoms with Crippen molar-refractivity contribution in [2.45, 2.75) is 39.7 Å². The third kappa shape index (κ3) is 8.24. The predicted molar refractivity (Wildman–Crippen MR) is 155 cm³/mol. The molecule has 0 heterocycles. The molecule has 0 aromatic heterocycles. The highest BCUT2D eigenvalue weighted by atomic mass is 16.1. The maximum absolute atomic E-state index is 12.6. The van der Waals surface area contributed by atoms with E-state index in [0.717, 1.165) is 42.1 Å². The molecule has 0 aliphatic heterocycles. The summed E-state index contributed by atoms with van der Waals surface area (Å²) in [6, 6.07) is 24.0. The highest BCUT2D eigenvalue weighted by Gasteiger charge is 2.09. The van der Waals surface area contributed by atoms with E-state index in [1.54, 1.807) is 0 Å². The summed E-state index contributed by atoms with van der Waals surface area (Å²) < 4.78 is 0. The third-order valence-electron chi connectivity index (χ3n) is 6.50. The molecular weight excluding hydrogens is 442 g/mol. The summed E-state index contributed by atoms with van der Waals surface area (Å²) in [5.41, 5.74) is 12.8. The van der Waals surface area contributed by atoms with E-state index >= 15 is 0 Å². The molecule has 0 unspecified atom stereocenters. The Morgan fingerprint density at radius 2 is 1.69 bits per heavy atom. The van der Waals surface area contributed by atoms with Crippen LogP contribution < -0.4 is 11.1 Å². The van der Waals surface area contributed by atoms with Crippen LogP contribution in [-0.4, -0.2) is 24.4 Å². The van der Waals surface area contributed by atoms with Crippen LogP contribution >= 0.6 is 0 Å². The van der Waals surface area contributed by atoms with Crippen molar-refractivity contribution >= 4 is 23.4 Å². The first kappa shape index (κ1) is 27.0. The number of hydrogen-bond donors (Lipinski definition) is 2. The second kappa shape index (κ2) is 13.5. The first-order valence-corrected chi connectivity index (χ1v) is 12.8. The fourth-order valence-corrected chi connectivity index (χ4v) is 4.35. The molecule has 4 heteroatoms. The van der Waals surface area contributed by atoms with Gasteiger partial charge in [-0.1, -0.05) is 99.5 Å². The number of nitrogens with one attached hydrogen (secondary N) is 1. The number of nitrogens with two attached hydrogens (primary N) is 1. The molecule has 0 fully saturated rings. The van der Waals surface area contributed by atoms with E-state index in [9.17, 15) is 4.79 Å². The van der Waals surface area contributed by atoms with Crippen LogP contribution in [0.5, 0.6) is 0 Å². The highest BCUT2D eigenvalue weighted by Crippen LogP contribution is 2.27. The zero-order valence-electron chi connectivity index (χ0n) is 21.8. The lowest BCUT2D eigenvalue weighted by molar-refractivity contribution is -0.111. The van der Waals surface area contributed by atoms with Crippen molar-refractivity contribution in [3.8, 4) is 11.1 Å². The van der Waals surface area contributed by atoms with Gasteiger partial charge in [0.25, 0.3) is 0 Å². The molecule has 0 aliphatic carbocycles. The maximum Gasteiger partial charge on any atom is 0.248 e. The van der Waals surface area contributed by atoms with Gasteiger partial charge in [0.15, 0.2) is 0 Å². The van der Waals surface area contributed by atoms with Gasteiger partial charge in [-0.05, 0) is 59.8 Å². The Bertz CT molecular complexity index is 1160. The number of carbonyl (C=O) groups is 1. The quantitative estimate of drug-likeness (QED) is 0.161. The summed E-state index contributed by atoms with van der Waals surface area (Å²) in [6.07, 6.45) is 6.87. The number of amides is 1. The fraction of sp³-hybridized carbons (Fsp3) is 0.281. The molecule has 3 aromatic carbocycles. The summed E-state index contributed by atoms with van der Waals surface area (Å²) in [7, 11) is 2.13. The number of benzene rings is 3. The molecule has 0 aliphatic rings. The third-order valence-corrected chi connectivity index (χ3v) is 6.50. The van der Waals surface area contributed by atoms with Crippen molar-refractivity contribution in [3.63, 3.8) is 0 Å². The molecule has 0 bridgehead atoms. The van der Waals surface area contributed by atoms with Crippen LogP contribution in [0.1, 0.15) is 44.2 Å². The van der Waals surface area contributed by atoms with E-state index < -0.39 is 0 Å². The van der Waals surface area contributed by atoms with Gasteiger partial charge in [0.1, 0.15) is 0 Å². The van der Waals surface area contributed by atoms with Crippen molar-refractivity contribution in [1.29, 1.82) is 0 Å². The lowest BCUT2D eigenvalue weighted by Crippen LogP contribution is -2.21. The van der Waals surface area contributed by atoms with Gasteiger partial charge in [-0.2, -0.15) is 0 Å². The molecule has 188 valence electrons. The van der Waals surface area contributed by atoms with Crippen molar-refractivity contribution in [3.05, 3.63) is 102 Å². The van der Waals surface area contributed by atoms with Crippen LogP contribution in [0.15, 0.2) is 91.0 Å². The van der Waals surface area contributed by atoms with Gasteiger partial charge in [0.05, 0.1) is 11.4 Å². The number of anilines is 2. The fourth-order valence-electron chi connectivity index (χ4n) is 4.35. The molecule has 3 N–H and O–H groups in total. The van der Waals surface area contributed by atoms with Gasteiger partial charge in [0, 0.05) is 19.2 Å². The number of rotatable bonds is 12. The maximum atomic E-state index is 12.6. The molecule has 0 atom stereocenters. The lowest BCUT2D eigenvalue weighted by Gasteiger charge is -2.21. The van der Waals surface area contributed by atoms with Gasteiger partial charge in [-0.15, -0.1) is 0 Å². The molecular formula is C32H39N3O.